The number of thioether (sulfide) groups is 1. The predicted octanol–water partition coefficient (Wildman–Crippen LogP) is 4.57. The van der Waals surface area contributed by atoms with Gasteiger partial charge in [-0.1, -0.05) is 86.7 Å². The zero-order valence-electron chi connectivity index (χ0n) is 25.9. The first kappa shape index (κ1) is 32.0. The van der Waals surface area contributed by atoms with E-state index in [0.717, 1.165) is 24.0 Å². The van der Waals surface area contributed by atoms with Crippen LogP contribution in [0.1, 0.15) is 37.8 Å². The fourth-order valence-corrected chi connectivity index (χ4v) is 10.2. The van der Waals surface area contributed by atoms with Gasteiger partial charge in [-0.05, 0) is 36.3 Å². The van der Waals surface area contributed by atoms with Crippen LogP contribution in [0.5, 0.6) is 0 Å². The van der Waals surface area contributed by atoms with Crippen LogP contribution in [0.3, 0.4) is 0 Å². The molecule has 2 aromatic rings. The molecule has 234 valence electrons. The van der Waals surface area contributed by atoms with E-state index in [1.165, 1.54) is 0 Å². The molecule has 3 amide bonds. The van der Waals surface area contributed by atoms with Gasteiger partial charge in [0.25, 0.3) is 0 Å². The van der Waals surface area contributed by atoms with Crippen molar-refractivity contribution in [2.24, 2.45) is 17.8 Å². The minimum Gasteiger partial charge on any atom is -0.394 e. The standard InChI is InChI=1S/C36H45N3O4S/c1-5-18-37(19-6-2)33(41)30-29-21-25(4)36(44-29)31(30)34(42)39(28(24-40)22-26-14-10-8-11-15-26)32(36)35(43)38(20-7-3)23-27-16-12-9-13-17-27/h5,7-17,25,28-32,40H,1,3,6,18-24H2,2,4H3/t25?,28-,29-,30+,31+,32?,36?/m1/s1. The molecule has 3 heterocycles. The van der Waals surface area contributed by atoms with Crippen molar-refractivity contribution in [1.29, 1.82) is 0 Å². The van der Waals surface area contributed by atoms with Crippen molar-refractivity contribution in [3.05, 3.63) is 97.1 Å². The highest BCUT2D eigenvalue weighted by molar-refractivity contribution is 8.02. The molecule has 0 aromatic heterocycles. The van der Waals surface area contributed by atoms with Gasteiger partial charge in [-0.3, -0.25) is 14.4 Å². The van der Waals surface area contributed by atoms with E-state index in [2.05, 4.69) is 20.1 Å². The highest BCUT2D eigenvalue weighted by Gasteiger charge is 2.77. The Morgan fingerprint density at radius 2 is 1.64 bits per heavy atom. The maximum atomic E-state index is 14.9. The molecule has 3 aliphatic rings. The Morgan fingerprint density at radius 3 is 2.23 bits per heavy atom. The lowest BCUT2D eigenvalue weighted by molar-refractivity contribution is -0.147. The maximum Gasteiger partial charge on any atom is 0.247 e. The van der Waals surface area contributed by atoms with Crippen molar-refractivity contribution in [3.8, 4) is 0 Å². The number of fused-ring (bicyclic) bond motifs is 1. The van der Waals surface area contributed by atoms with E-state index in [0.29, 0.717) is 32.6 Å². The van der Waals surface area contributed by atoms with Gasteiger partial charge in [0, 0.05) is 31.4 Å². The molecular weight excluding hydrogens is 570 g/mol. The van der Waals surface area contributed by atoms with E-state index >= 15 is 0 Å². The van der Waals surface area contributed by atoms with E-state index in [1.807, 2.05) is 72.5 Å². The van der Waals surface area contributed by atoms with Gasteiger partial charge in [-0.2, -0.15) is 0 Å². The number of aliphatic hydroxyl groups is 1. The highest BCUT2D eigenvalue weighted by Crippen LogP contribution is 2.69. The highest BCUT2D eigenvalue weighted by atomic mass is 32.2. The molecule has 7 nitrogen and oxygen atoms in total. The molecule has 1 N–H and O–H groups in total. The van der Waals surface area contributed by atoms with E-state index in [-0.39, 0.29) is 35.5 Å². The van der Waals surface area contributed by atoms with Crippen molar-refractivity contribution in [2.75, 3.05) is 26.2 Å². The minimum absolute atomic E-state index is 0.0275. The van der Waals surface area contributed by atoms with E-state index in [4.69, 9.17) is 0 Å². The average Bonchev–Trinajstić information content (AvgIpc) is 3.63. The molecule has 7 atom stereocenters. The Morgan fingerprint density at radius 1 is 1.02 bits per heavy atom. The molecule has 44 heavy (non-hydrogen) atoms. The summed E-state index contributed by atoms with van der Waals surface area (Å²) in [6, 6.07) is 18.2. The summed E-state index contributed by atoms with van der Waals surface area (Å²) in [6.45, 7) is 13.4. The van der Waals surface area contributed by atoms with Crippen molar-refractivity contribution in [3.63, 3.8) is 0 Å². The molecule has 5 rings (SSSR count). The van der Waals surface area contributed by atoms with Crippen LogP contribution < -0.4 is 0 Å². The van der Waals surface area contributed by atoms with Crippen molar-refractivity contribution >= 4 is 29.5 Å². The van der Waals surface area contributed by atoms with Crippen LogP contribution in [0.15, 0.2) is 86.0 Å². The van der Waals surface area contributed by atoms with Gasteiger partial charge in [0.05, 0.1) is 29.2 Å². The van der Waals surface area contributed by atoms with E-state index < -0.39 is 28.7 Å². The summed E-state index contributed by atoms with van der Waals surface area (Å²) in [4.78, 5) is 49.3. The van der Waals surface area contributed by atoms with Crippen molar-refractivity contribution in [2.45, 2.75) is 61.7 Å². The molecule has 3 saturated heterocycles. The lowest BCUT2D eigenvalue weighted by Crippen LogP contribution is -2.59. The van der Waals surface area contributed by atoms with Gasteiger partial charge in [0.2, 0.25) is 17.7 Å². The van der Waals surface area contributed by atoms with Gasteiger partial charge in [-0.25, -0.2) is 0 Å². The molecule has 0 radical (unpaired) electrons. The van der Waals surface area contributed by atoms with E-state index in [1.54, 1.807) is 33.7 Å². The number of aliphatic hydroxyl groups excluding tert-OH is 1. The molecule has 3 unspecified atom stereocenters. The van der Waals surface area contributed by atoms with Crippen LogP contribution in [-0.4, -0.2) is 85.8 Å². The number of hydrogen-bond donors (Lipinski definition) is 1. The number of nitrogens with zero attached hydrogens (tertiary/aromatic N) is 3. The molecule has 8 heteroatoms. The largest absolute Gasteiger partial charge is 0.394 e. The summed E-state index contributed by atoms with van der Waals surface area (Å²) in [5.41, 5.74) is 1.96. The molecule has 3 aliphatic heterocycles. The lowest BCUT2D eigenvalue weighted by atomic mass is 9.65. The molecule has 3 fully saturated rings. The Labute approximate surface area is 266 Å². The van der Waals surface area contributed by atoms with Crippen LogP contribution >= 0.6 is 11.8 Å². The number of carbonyl (C=O) groups excluding carboxylic acids is 3. The first-order valence-electron chi connectivity index (χ1n) is 15.8. The van der Waals surface area contributed by atoms with Gasteiger partial charge < -0.3 is 19.8 Å². The van der Waals surface area contributed by atoms with E-state index in [9.17, 15) is 19.5 Å². The molecular formula is C36H45N3O4S. The summed E-state index contributed by atoms with van der Waals surface area (Å²) < 4.78 is -0.772. The first-order chi connectivity index (χ1) is 21.3. The van der Waals surface area contributed by atoms with Crippen LogP contribution in [0.2, 0.25) is 0 Å². The van der Waals surface area contributed by atoms with Crippen LogP contribution in [-0.2, 0) is 27.3 Å². The fourth-order valence-electron chi connectivity index (χ4n) is 7.84. The van der Waals surface area contributed by atoms with Gasteiger partial charge in [0.1, 0.15) is 6.04 Å². The second kappa shape index (κ2) is 13.7. The Bertz CT molecular complexity index is 1350. The first-order valence-corrected chi connectivity index (χ1v) is 16.7. The number of benzene rings is 2. The topological polar surface area (TPSA) is 81.2 Å². The summed E-state index contributed by atoms with van der Waals surface area (Å²) in [5.74, 6) is -1.49. The summed E-state index contributed by atoms with van der Waals surface area (Å²) in [5, 5.41) is 10.8. The molecule has 0 aliphatic carbocycles. The zero-order chi connectivity index (χ0) is 31.4. The minimum atomic E-state index is -0.814. The third-order valence-electron chi connectivity index (χ3n) is 9.65. The third-order valence-corrected chi connectivity index (χ3v) is 11.7. The number of hydrogen-bond acceptors (Lipinski definition) is 5. The summed E-state index contributed by atoms with van der Waals surface area (Å²) >= 11 is 1.68. The quantitative estimate of drug-likeness (QED) is 0.315. The Hall–Kier alpha value is -3.36. The molecule has 2 aromatic carbocycles. The van der Waals surface area contributed by atoms with Crippen LogP contribution in [0.4, 0.5) is 0 Å². The zero-order valence-corrected chi connectivity index (χ0v) is 26.7. The Balaban J connectivity index is 1.60. The van der Waals surface area contributed by atoms with Crippen molar-refractivity contribution in [1.82, 2.24) is 14.7 Å². The van der Waals surface area contributed by atoms with Crippen LogP contribution in [0.25, 0.3) is 0 Å². The fraction of sp³-hybridized carbons (Fsp3) is 0.472. The second-order valence-electron chi connectivity index (χ2n) is 12.4. The average molecular weight is 616 g/mol. The molecule has 2 bridgehead atoms. The normalized spacial score (nSPS) is 27.6. The number of amides is 3. The maximum absolute atomic E-state index is 14.9. The van der Waals surface area contributed by atoms with Gasteiger partial charge >= 0.3 is 0 Å². The van der Waals surface area contributed by atoms with Gasteiger partial charge in [-0.15, -0.1) is 24.9 Å². The van der Waals surface area contributed by atoms with Gasteiger partial charge in [0.15, 0.2) is 0 Å². The predicted molar refractivity (Wildman–Crippen MR) is 176 cm³/mol. The SMILES string of the molecule is C=CCN(Cc1ccccc1)C(=O)C1N([C@@H](CO)Cc2ccccc2)C(=O)[C@@H]2[C@@H](C(=O)N(CC=C)CCC)[C@H]3CC(C)C12S3. The summed E-state index contributed by atoms with van der Waals surface area (Å²) in [6.07, 6.45) is 5.43. The molecule has 0 saturated carbocycles. The summed E-state index contributed by atoms with van der Waals surface area (Å²) in [7, 11) is 0. The second-order valence-corrected chi connectivity index (χ2v) is 13.9. The van der Waals surface area contributed by atoms with Crippen LogP contribution in [0, 0.1) is 17.8 Å². The smallest absolute Gasteiger partial charge is 0.247 e. The third kappa shape index (κ3) is 5.63. The number of likely N-dealkylation sites (tertiary alicyclic amines) is 1. The lowest BCUT2D eigenvalue weighted by Gasteiger charge is -2.42. The molecule has 1 spiro atoms. The Kier molecular flexibility index (Phi) is 10.0. The van der Waals surface area contributed by atoms with Crippen molar-refractivity contribution < 1.29 is 19.5 Å². The monoisotopic (exact) mass is 615 g/mol. The number of carbonyl (C=O) groups is 3. The number of rotatable bonds is 14.